The second kappa shape index (κ2) is 14.3. The predicted molar refractivity (Wildman–Crippen MR) is 63.4 cm³/mol. The maximum atomic E-state index is 11.1. The second-order valence-corrected chi connectivity index (χ2v) is 3.91. The Morgan fingerprint density at radius 3 is 1.80 bits per heavy atom. The van der Waals surface area contributed by atoms with Crippen molar-refractivity contribution in [2.45, 2.75) is 66.3 Å². The monoisotopic (exact) mass is 384 g/mol. The molecule has 0 aliphatic rings. The van der Waals surface area contributed by atoms with Gasteiger partial charge in [-0.05, 0) is 6.42 Å². The van der Waals surface area contributed by atoms with Crippen LogP contribution in [-0.2, 0) is 25.9 Å². The third-order valence-electron chi connectivity index (χ3n) is 1.93. The summed E-state index contributed by atoms with van der Waals surface area (Å²) in [4.78, 5) is 11.1. The Balaban J connectivity index is -0.000000320. The first-order chi connectivity index (χ1) is 6.49. The first kappa shape index (κ1) is 20.7. The van der Waals surface area contributed by atoms with Crippen molar-refractivity contribution in [3.8, 4) is 0 Å². The van der Waals surface area contributed by atoms with E-state index in [0.717, 1.165) is 12.8 Å². The largest absolute Gasteiger partial charge is 0.675 e. The topological polar surface area (TPSA) is 40.9 Å². The molecule has 2 unspecified atom stereocenters. The Morgan fingerprint density at radius 2 is 1.53 bits per heavy atom. The number of ketones is 1. The molecule has 15 heavy (non-hydrogen) atoms. The predicted octanol–water partition coefficient (Wildman–Crippen LogP) is 4.24. The number of hydrogen-bond acceptors (Lipinski definition) is 1. The SMILES string of the molecule is CCC.CCC(=O)C(C)CCC(C)[NH-].[W]. The molecular formula is C12H26NOW-. The van der Waals surface area contributed by atoms with Gasteiger partial charge in [-0.2, -0.15) is 0 Å². The van der Waals surface area contributed by atoms with Crippen molar-refractivity contribution in [1.82, 2.24) is 0 Å². The molecule has 0 aliphatic carbocycles. The van der Waals surface area contributed by atoms with E-state index in [-0.39, 0.29) is 33.0 Å². The van der Waals surface area contributed by atoms with E-state index in [1.54, 1.807) is 0 Å². The van der Waals surface area contributed by atoms with E-state index in [1.165, 1.54) is 6.42 Å². The van der Waals surface area contributed by atoms with Gasteiger partial charge in [-0.1, -0.05) is 47.5 Å². The summed E-state index contributed by atoms with van der Waals surface area (Å²) < 4.78 is 0. The van der Waals surface area contributed by atoms with Crippen LogP contribution in [-0.4, -0.2) is 11.8 Å². The number of hydrogen-bond donors (Lipinski definition) is 0. The van der Waals surface area contributed by atoms with Crippen LogP contribution in [0.1, 0.15) is 60.3 Å². The molecule has 0 amide bonds. The van der Waals surface area contributed by atoms with E-state index in [9.17, 15) is 4.79 Å². The van der Waals surface area contributed by atoms with Crippen molar-refractivity contribution in [3.63, 3.8) is 0 Å². The summed E-state index contributed by atoms with van der Waals surface area (Å²) in [5.41, 5.74) is 7.26. The summed E-state index contributed by atoms with van der Waals surface area (Å²) in [7, 11) is 0. The molecule has 0 aromatic rings. The summed E-state index contributed by atoms with van der Waals surface area (Å²) in [6.07, 6.45) is 3.60. The number of rotatable bonds is 5. The van der Waals surface area contributed by atoms with Gasteiger partial charge in [0.25, 0.3) is 0 Å². The molecule has 0 rings (SSSR count). The van der Waals surface area contributed by atoms with Crippen LogP contribution in [0.4, 0.5) is 0 Å². The molecule has 0 bridgehead atoms. The maximum absolute atomic E-state index is 11.1. The number of Topliss-reactive ketones (excluding diaryl/α,β-unsaturated/α-hetero) is 1. The summed E-state index contributed by atoms with van der Waals surface area (Å²) in [5, 5.41) is 0. The van der Waals surface area contributed by atoms with Crippen LogP contribution in [0.2, 0.25) is 0 Å². The Kier molecular flexibility index (Phi) is 19.8. The van der Waals surface area contributed by atoms with Gasteiger partial charge in [0.2, 0.25) is 0 Å². The van der Waals surface area contributed by atoms with Crippen molar-refractivity contribution in [2.75, 3.05) is 0 Å². The van der Waals surface area contributed by atoms with Gasteiger partial charge in [-0.15, -0.1) is 6.04 Å². The molecule has 3 heteroatoms. The minimum Gasteiger partial charge on any atom is -0.675 e. The Morgan fingerprint density at radius 1 is 1.13 bits per heavy atom. The van der Waals surface area contributed by atoms with Gasteiger partial charge in [-0.3, -0.25) is 4.79 Å². The van der Waals surface area contributed by atoms with Gasteiger partial charge < -0.3 is 5.73 Å². The molecule has 0 aromatic heterocycles. The molecule has 1 N–H and O–H groups in total. The number of carbonyl (C=O) groups is 1. The van der Waals surface area contributed by atoms with Crippen molar-refractivity contribution in [2.24, 2.45) is 5.92 Å². The molecule has 0 spiro atoms. The number of nitrogens with one attached hydrogen (secondary N) is 1. The van der Waals surface area contributed by atoms with Crippen LogP contribution in [0, 0.1) is 5.92 Å². The molecule has 0 fully saturated rings. The molecule has 92 valence electrons. The molecule has 2 atom stereocenters. The van der Waals surface area contributed by atoms with E-state index in [2.05, 4.69) is 13.8 Å². The van der Waals surface area contributed by atoms with Crippen LogP contribution < -0.4 is 0 Å². The molecule has 0 aromatic carbocycles. The smallest absolute Gasteiger partial charge is 0.135 e. The van der Waals surface area contributed by atoms with Gasteiger partial charge in [0, 0.05) is 33.4 Å². The summed E-state index contributed by atoms with van der Waals surface area (Å²) >= 11 is 0. The van der Waals surface area contributed by atoms with Crippen LogP contribution in [0.5, 0.6) is 0 Å². The first-order valence-electron chi connectivity index (χ1n) is 5.73. The van der Waals surface area contributed by atoms with Crippen molar-refractivity contribution in [3.05, 3.63) is 5.73 Å². The fourth-order valence-electron chi connectivity index (χ4n) is 1.01. The van der Waals surface area contributed by atoms with Gasteiger partial charge >= 0.3 is 0 Å². The van der Waals surface area contributed by atoms with E-state index in [1.807, 2.05) is 20.8 Å². The third-order valence-corrected chi connectivity index (χ3v) is 1.93. The standard InChI is InChI=1S/C9H18NO.C3H8.W/c1-4-9(11)7(2)5-6-8(3)10;1-3-2;/h7-8,10H,4-6H2,1-3H3;3H2,1-2H3;/q-1;;. The van der Waals surface area contributed by atoms with E-state index < -0.39 is 0 Å². The molecule has 0 aliphatic heterocycles. The quantitative estimate of drug-likeness (QED) is 0.699. The third kappa shape index (κ3) is 17.0. The second-order valence-electron chi connectivity index (χ2n) is 3.91. The molecule has 0 saturated carbocycles. The van der Waals surface area contributed by atoms with E-state index in [0.29, 0.717) is 12.2 Å². The first-order valence-corrected chi connectivity index (χ1v) is 5.73. The Labute approximate surface area is 110 Å². The minimum absolute atomic E-state index is 0. The van der Waals surface area contributed by atoms with Gasteiger partial charge in [0.15, 0.2) is 0 Å². The van der Waals surface area contributed by atoms with Crippen molar-refractivity contribution in [1.29, 1.82) is 0 Å². The Bertz CT molecular complexity index is 138. The van der Waals surface area contributed by atoms with Crippen LogP contribution in [0.25, 0.3) is 5.73 Å². The fourth-order valence-corrected chi connectivity index (χ4v) is 1.01. The van der Waals surface area contributed by atoms with E-state index in [4.69, 9.17) is 5.73 Å². The zero-order chi connectivity index (χ0) is 11.6. The summed E-state index contributed by atoms with van der Waals surface area (Å²) in [5.74, 6) is 0.485. The zero-order valence-corrected chi connectivity index (χ0v) is 13.7. The average Bonchev–Trinajstić information content (AvgIpc) is 2.14. The van der Waals surface area contributed by atoms with Gasteiger partial charge in [-0.25, -0.2) is 0 Å². The number of carbonyl (C=O) groups excluding carboxylic acids is 1. The molecule has 0 saturated heterocycles. The Hall–Kier alpha value is 0.318. The van der Waals surface area contributed by atoms with Crippen molar-refractivity contribution >= 4 is 5.78 Å². The van der Waals surface area contributed by atoms with Gasteiger partial charge in [0.05, 0.1) is 0 Å². The van der Waals surface area contributed by atoms with Crippen molar-refractivity contribution < 1.29 is 25.9 Å². The van der Waals surface area contributed by atoms with E-state index >= 15 is 0 Å². The normalized spacial score (nSPS) is 12.9. The average molecular weight is 384 g/mol. The molecule has 0 heterocycles. The molecule has 2 nitrogen and oxygen atoms in total. The zero-order valence-electron chi connectivity index (χ0n) is 10.8. The molecule has 0 radical (unpaired) electrons. The maximum Gasteiger partial charge on any atom is 0.135 e. The summed E-state index contributed by atoms with van der Waals surface area (Å²) in [6.45, 7) is 9.96. The fraction of sp³-hybridized carbons (Fsp3) is 0.917. The van der Waals surface area contributed by atoms with Gasteiger partial charge in [0.1, 0.15) is 5.78 Å². The minimum atomic E-state index is -0.0258. The summed E-state index contributed by atoms with van der Waals surface area (Å²) in [6, 6.07) is -0.0258. The van der Waals surface area contributed by atoms with Crippen LogP contribution >= 0.6 is 0 Å². The van der Waals surface area contributed by atoms with Crippen LogP contribution in [0.15, 0.2) is 0 Å². The van der Waals surface area contributed by atoms with Crippen LogP contribution in [0.3, 0.4) is 0 Å². The molecular weight excluding hydrogens is 358 g/mol.